The highest BCUT2D eigenvalue weighted by Gasteiger charge is 2.23. The molecule has 0 aliphatic carbocycles. The molecule has 1 aliphatic heterocycles. The number of nitrogens with zero attached hydrogens (tertiary/aromatic N) is 4. The molecule has 2 rings (SSSR count). The molecule has 3 N–H and O–H groups in total. The standard InChI is InChI=1S/C12H22N6/c1-14-11-10(13)12(16-8-15-11)18(3)9-4-6-17(2)7-5-9/h8-9H,4-7,13H2,1-3H3,(H,14,15,16). The van der Waals surface area contributed by atoms with Crippen molar-refractivity contribution in [2.45, 2.75) is 18.9 Å². The predicted octanol–water partition coefficient (Wildman–Crippen LogP) is 0.631. The van der Waals surface area contributed by atoms with E-state index in [4.69, 9.17) is 5.73 Å². The molecule has 2 heterocycles. The van der Waals surface area contributed by atoms with E-state index in [1.807, 2.05) is 7.05 Å². The van der Waals surface area contributed by atoms with Crippen molar-refractivity contribution in [1.82, 2.24) is 14.9 Å². The van der Waals surface area contributed by atoms with Crippen LogP contribution in [0.25, 0.3) is 0 Å². The highest BCUT2D eigenvalue weighted by Crippen LogP contribution is 2.28. The van der Waals surface area contributed by atoms with Crippen LogP contribution in [0.1, 0.15) is 12.8 Å². The lowest BCUT2D eigenvalue weighted by Crippen LogP contribution is -2.42. The van der Waals surface area contributed by atoms with Gasteiger partial charge in [0.15, 0.2) is 11.6 Å². The van der Waals surface area contributed by atoms with Gasteiger partial charge in [-0.3, -0.25) is 0 Å². The van der Waals surface area contributed by atoms with Gasteiger partial charge in [-0.05, 0) is 33.0 Å². The van der Waals surface area contributed by atoms with E-state index in [0.29, 0.717) is 17.5 Å². The van der Waals surface area contributed by atoms with Gasteiger partial charge in [-0.25, -0.2) is 9.97 Å². The van der Waals surface area contributed by atoms with Gasteiger partial charge >= 0.3 is 0 Å². The number of anilines is 3. The highest BCUT2D eigenvalue weighted by atomic mass is 15.2. The molecule has 0 spiro atoms. The van der Waals surface area contributed by atoms with Crippen LogP contribution < -0.4 is 16.0 Å². The van der Waals surface area contributed by atoms with Crippen LogP contribution in [0.15, 0.2) is 6.33 Å². The monoisotopic (exact) mass is 250 g/mol. The maximum absolute atomic E-state index is 6.09. The molecule has 1 fully saturated rings. The van der Waals surface area contributed by atoms with E-state index in [1.54, 1.807) is 6.33 Å². The minimum atomic E-state index is 0.503. The average Bonchev–Trinajstić information content (AvgIpc) is 2.39. The predicted molar refractivity (Wildman–Crippen MR) is 74.9 cm³/mol. The first-order valence-corrected chi connectivity index (χ1v) is 6.33. The van der Waals surface area contributed by atoms with E-state index in [1.165, 1.54) is 0 Å². The zero-order chi connectivity index (χ0) is 13.1. The first-order chi connectivity index (χ1) is 8.63. The molecular weight excluding hydrogens is 228 g/mol. The van der Waals surface area contributed by atoms with Gasteiger partial charge < -0.3 is 20.9 Å². The summed E-state index contributed by atoms with van der Waals surface area (Å²) in [6.07, 6.45) is 3.85. The van der Waals surface area contributed by atoms with Crippen molar-refractivity contribution in [1.29, 1.82) is 0 Å². The van der Waals surface area contributed by atoms with Gasteiger partial charge in [0.05, 0.1) is 0 Å². The fourth-order valence-electron chi connectivity index (χ4n) is 2.42. The average molecular weight is 250 g/mol. The van der Waals surface area contributed by atoms with Crippen LogP contribution in [0.2, 0.25) is 0 Å². The molecule has 6 nitrogen and oxygen atoms in total. The molecular formula is C12H22N6. The van der Waals surface area contributed by atoms with Crippen molar-refractivity contribution < 1.29 is 0 Å². The maximum Gasteiger partial charge on any atom is 0.157 e. The molecule has 0 radical (unpaired) electrons. The lowest BCUT2D eigenvalue weighted by atomic mass is 10.0. The van der Waals surface area contributed by atoms with Crippen LogP contribution in [-0.2, 0) is 0 Å². The van der Waals surface area contributed by atoms with Gasteiger partial charge in [0.1, 0.15) is 12.0 Å². The van der Waals surface area contributed by atoms with Crippen molar-refractivity contribution in [3.63, 3.8) is 0 Å². The van der Waals surface area contributed by atoms with Gasteiger partial charge in [-0.15, -0.1) is 0 Å². The Morgan fingerprint density at radius 1 is 1.39 bits per heavy atom. The van der Waals surface area contributed by atoms with Crippen LogP contribution in [0, 0.1) is 0 Å². The van der Waals surface area contributed by atoms with Gasteiger partial charge in [0.25, 0.3) is 0 Å². The van der Waals surface area contributed by atoms with E-state index in [-0.39, 0.29) is 0 Å². The van der Waals surface area contributed by atoms with E-state index in [0.717, 1.165) is 31.7 Å². The summed E-state index contributed by atoms with van der Waals surface area (Å²) in [5.41, 5.74) is 6.72. The van der Waals surface area contributed by atoms with Crippen LogP contribution in [0.4, 0.5) is 17.3 Å². The summed E-state index contributed by atoms with van der Waals surface area (Å²) in [6.45, 7) is 2.25. The Labute approximate surface area is 108 Å². The maximum atomic E-state index is 6.09. The third-order valence-corrected chi connectivity index (χ3v) is 3.67. The van der Waals surface area contributed by atoms with Crippen molar-refractivity contribution in [2.24, 2.45) is 0 Å². The molecule has 0 unspecified atom stereocenters. The van der Waals surface area contributed by atoms with Crippen molar-refractivity contribution in [2.75, 3.05) is 50.2 Å². The smallest absolute Gasteiger partial charge is 0.157 e. The van der Waals surface area contributed by atoms with E-state index in [2.05, 4.69) is 39.2 Å². The number of nitrogens with two attached hydrogens (primary N) is 1. The first-order valence-electron chi connectivity index (χ1n) is 6.33. The fourth-order valence-corrected chi connectivity index (χ4v) is 2.42. The van der Waals surface area contributed by atoms with Crippen molar-refractivity contribution in [3.05, 3.63) is 6.33 Å². The third-order valence-electron chi connectivity index (χ3n) is 3.67. The van der Waals surface area contributed by atoms with Gasteiger partial charge in [-0.2, -0.15) is 0 Å². The Morgan fingerprint density at radius 2 is 2.06 bits per heavy atom. The Morgan fingerprint density at radius 3 is 2.67 bits per heavy atom. The number of nitrogens with one attached hydrogen (secondary N) is 1. The first kappa shape index (κ1) is 12.9. The minimum absolute atomic E-state index is 0.503. The molecule has 1 aromatic heterocycles. The van der Waals surface area contributed by atoms with E-state index >= 15 is 0 Å². The molecule has 0 amide bonds. The molecule has 6 heteroatoms. The Balaban J connectivity index is 2.15. The second kappa shape index (κ2) is 5.39. The molecule has 0 saturated carbocycles. The van der Waals surface area contributed by atoms with Gasteiger partial charge in [-0.1, -0.05) is 0 Å². The largest absolute Gasteiger partial charge is 0.393 e. The second-order valence-electron chi connectivity index (χ2n) is 4.85. The summed E-state index contributed by atoms with van der Waals surface area (Å²) in [5, 5.41) is 2.99. The number of rotatable bonds is 3. The summed E-state index contributed by atoms with van der Waals surface area (Å²) in [7, 11) is 6.04. The van der Waals surface area contributed by atoms with Crippen LogP contribution in [-0.4, -0.2) is 55.1 Å². The van der Waals surface area contributed by atoms with E-state index < -0.39 is 0 Å². The third kappa shape index (κ3) is 2.48. The summed E-state index contributed by atoms with van der Waals surface area (Å²) in [4.78, 5) is 13.0. The quantitative estimate of drug-likeness (QED) is 0.820. The van der Waals surface area contributed by atoms with Crippen LogP contribution in [0.5, 0.6) is 0 Å². The summed E-state index contributed by atoms with van der Waals surface area (Å²) < 4.78 is 0. The number of hydrogen-bond donors (Lipinski definition) is 2. The second-order valence-corrected chi connectivity index (χ2v) is 4.85. The topological polar surface area (TPSA) is 70.3 Å². The SMILES string of the molecule is CNc1ncnc(N(C)C2CCN(C)CC2)c1N. The summed E-state index contributed by atoms with van der Waals surface area (Å²) >= 11 is 0. The molecule has 0 aromatic carbocycles. The molecule has 1 aliphatic rings. The number of piperidine rings is 1. The Hall–Kier alpha value is -1.56. The highest BCUT2D eigenvalue weighted by molar-refractivity contribution is 5.74. The summed E-state index contributed by atoms with van der Waals surface area (Å²) in [6, 6.07) is 0.503. The fraction of sp³-hybridized carbons (Fsp3) is 0.667. The van der Waals surface area contributed by atoms with Crippen molar-refractivity contribution >= 4 is 17.3 Å². The van der Waals surface area contributed by atoms with E-state index in [9.17, 15) is 0 Å². The molecule has 1 aromatic rings. The van der Waals surface area contributed by atoms with Gasteiger partial charge in [0, 0.05) is 20.1 Å². The zero-order valence-electron chi connectivity index (χ0n) is 11.3. The van der Waals surface area contributed by atoms with Gasteiger partial charge in [0.2, 0.25) is 0 Å². The number of hydrogen-bond acceptors (Lipinski definition) is 6. The van der Waals surface area contributed by atoms with Crippen LogP contribution in [0.3, 0.4) is 0 Å². The number of nitrogen functional groups attached to an aromatic ring is 1. The molecule has 100 valence electrons. The minimum Gasteiger partial charge on any atom is -0.393 e. The Kier molecular flexibility index (Phi) is 3.86. The Bertz CT molecular complexity index is 400. The molecule has 1 saturated heterocycles. The number of likely N-dealkylation sites (tertiary alicyclic amines) is 1. The lowest BCUT2D eigenvalue weighted by Gasteiger charge is -2.36. The molecule has 18 heavy (non-hydrogen) atoms. The molecule has 0 atom stereocenters. The zero-order valence-corrected chi connectivity index (χ0v) is 11.3. The number of aromatic nitrogens is 2. The lowest BCUT2D eigenvalue weighted by molar-refractivity contribution is 0.252. The van der Waals surface area contributed by atoms with Crippen LogP contribution >= 0.6 is 0 Å². The summed E-state index contributed by atoms with van der Waals surface area (Å²) in [5.74, 6) is 1.52. The molecule has 0 bridgehead atoms. The van der Waals surface area contributed by atoms with Crippen molar-refractivity contribution in [3.8, 4) is 0 Å². The normalized spacial score (nSPS) is 17.7.